The van der Waals surface area contributed by atoms with Crippen molar-refractivity contribution >= 4 is 29.1 Å². The average Bonchev–Trinajstić information content (AvgIpc) is 3.07. The van der Waals surface area contributed by atoms with Crippen LogP contribution in [0.4, 0.5) is 0 Å². The zero-order chi connectivity index (χ0) is 14.4. The van der Waals surface area contributed by atoms with Crippen LogP contribution in [0, 0.1) is 0 Å². The van der Waals surface area contributed by atoms with Crippen LogP contribution in [0.1, 0.15) is 26.2 Å². The molecule has 0 fully saturated rings. The molecular formula is C13H16N2O3S2. The fourth-order valence-corrected chi connectivity index (χ4v) is 2.98. The van der Waals surface area contributed by atoms with E-state index in [4.69, 9.17) is 9.26 Å². The Bertz CT molecular complexity index is 540. The summed E-state index contributed by atoms with van der Waals surface area (Å²) in [6.07, 6.45) is 0.393. The Morgan fingerprint density at radius 2 is 2.45 bits per heavy atom. The molecule has 0 amide bonds. The Kier molecular flexibility index (Phi) is 5.60. The number of thiophene rings is 1. The molecule has 1 atom stereocenters. The van der Waals surface area contributed by atoms with Gasteiger partial charge in [0.05, 0.1) is 18.8 Å². The van der Waals surface area contributed by atoms with Crippen molar-refractivity contribution in [1.82, 2.24) is 10.1 Å². The highest BCUT2D eigenvalue weighted by atomic mass is 32.2. The van der Waals surface area contributed by atoms with Crippen LogP contribution in [-0.2, 0) is 15.3 Å². The summed E-state index contributed by atoms with van der Waals surface area (Å²) in [7, 11) is 0. The lowest BCUT2D eigenvalue weighted by atomic mass is 10.3. The fourth-order valence-electron chi connectivity index (χ4n) is 1.55. The van der Waals surface area contributed by atoms with Gasteiger partial charge in [0.25, 0.3) is 0 Å². The molecule has 0 spiro atoms. The molecule has 2 aromatic rings. The van der Waals surface area contributed by atoms with Crippen molar-refractivity contribution in [3.05, 3.63) is 22.7 Å². The van der Waals surface area contributed by atoms with Gasteiger partial charge in [-0.2, -0.15) is 16.3 Å². The lowest BCUT2D eigenvalue weighted by Crippen LogP contribution is -2.10. The van der Waals surface area contributed by atoms with Crippen molar-refractivity contribution in [2.75, 3.05) is 6.61 Å². The predicted octanol–water partition coefficient (Wildman–Crippen LogP) is 3.37. The largest absolute Gasteiger partial charge is 0.466 e. The summed E-state index contributed by atoms with van der Waals surface area (Å²) in [4.78, 5) is 15.7. The zero-order valence-corrected chi connectivity index (χ0v) is 13.0. The van der Waals surface area contributed by atoms with Gasteiger partial charge in [0.15, 0.2) is 0 Å². The van der Waals surface area contributed by atoms with Gasteiger partial charge in [-0.3, -0.25) is 4.79 Å². The van der Waals surface area contributed by atoms with Crippen molar-refractivity contribution in [3.63, 3.8) is 0 Å². The number of hydrogen-bond acceptors (Lipinski definition) is 7. The van der Waals surface area contributed by atoms with Crippen LogP contribution in [0.3, 0.4) is 0 Å². The van der Waals surface area contributed by atoms with Crippen LogP contribution < -0.4 is 0 Å². The maximum absolute atomic E-state index is 11.3. The summed E-state index contributed by atoms with van der Waals surface area (Å²) >= 11 is 3.19. The van der Waals surface area contributed by atoms with Crippen LogP contribution in [0.15, 0.2) is 21.3 Å². The molecule has 0 aliphatic heterocycles. The van der Waals surface area contributed by atoms with Gasteiger partial charge in [-0.15, -0.1) is 11.8 Å². The minimum absolute atomic E-state index is 0.158. The van der Waals surface area contributed by atoms with Gasteiger partial charge in [0, 0.05) is 16.2 Å². The van der Waals surface area contributed by atoms with E-state index in [1.165, 1.54) is 0 Å². The molecule has 0 saturated carbocycles. The van der Waals surface area contributed by atoms with E-state index in [1.54, 1.807) is 30.0 Å². The third kappa shape index (κ3) is 4.35. The highest BCUT2D eigenvalue weighted by Crippen LogP contribution is 2.23. The second kappa shape index (κ2) is 7.44. The highest BCUT2D eigenvalue weighted by Gasteiger charge is 2.13. The summed E-state index contributed by atoms with van der Waals surface area (Å²) in [5.74, 6) is 1.61. The lowest BCUT2D eigenvalue weighted by molar-refractivity contribution is -0.142. The molecule has 0 bridgehead atoms. The molecule has 2 aromatic heterocycles. The number of carbonyl (C=O) groups is 1. The molecule has 0 radical (unpaired) electrons. The standard InChI is InChI=1S/C13H16N2O3S2/c1-3-17-12(16)6-9(2)20-8-11-14-13(15-18-11)10-4-5-19-7-10/h4-5,7,9H,3,6,8H2,1-2H3. The number of nitrogens with zero attached hydrogens (tertiary/aromatic N) is 2. The fraction of sp³-hybridized carbons (Fsp3) is 0.462. The monoisotopic (exact) mass is 312 g/mol. The molecule has 0 aliphatic rings. The maximum Gasteiger partial charge on any atom is 0.306 e. The van der Waals surface area contributed by atoms with Gasteiger partial charge in [-0.1, -0.05) is 12.1 Å². The lowest BCUT2D eigenvalue weighted by Gasteiger charge is -2.08. The average molecular weight is 312 g/mol. The first-order valence-corrected chi connectivity index (χ1v) is 8.30. The maximum atomic E-state index is 11.3. The van der Waals surface area contributed by atoms with E-state index in [-0.39, 0.29) is 11.2 Å². The number of rotatable bonds is 7. The van der Waals surface area contributed by atoms with E-state index in [1.807, 2.05) is 23.8 Å². The van der Waals surface area contributed by atoms with Crippen molar-refractivity contribution in [3.8, 4) is 11.4 Å². The Morgan fingerprint density at radius 1 is 1.60 bits per heavy atom. The second-order valence-corrected chi connectivity index (χ2v) is 6.36. The van der Waals surface area contributed by atoms with Gasteiger partial charge in [-0.25, -0.2) is 0 Å². The molecule has 0 aliphatic carbocycles. The minimum atomic E-state index is -0.169. The van der Waals surface area contributed by atoms with E-state index in [0.29, 0.717) is 30.5 Å². The predicted molar refractivity (Wildman–Crippen MR) is 79.6 cm³/mol. The van der Waals surface area contributed by atoms with Gasteiger partial charge >= 0.3 is 5.97 Å². The van der Waals surface area contributed by atoms with Gasteiger partial charge in [0.2, 0.25) is 11.7 Å². The van der Waals surface area contributed by atoms with Crippen molar-refractivity contribution < 1.29 is 14.1 Å². The van der Waals surface area contributed by atoms with E-state index in [9.17, 15) is 4.79 Å². The Hall–Kier alpha value is -1.34. The first-order chi connectivity index (χ1) is 9.69. The number of aromatic nitrogens is 2. The van der Waals surface area contributed by atoms with Crippen LogP contribution in [0.2, 0.25) is 0 Å². The van der Waals surface area contributed by atoms with E-state index >= 15 is 0 Å². The molecule has 7 heteroatoms. The Balaban J connectivity index is 1.81. The first-order valence-electron chi connectivity index (χ1n) is 6.31. The quantitative estimate of drug-likeness (QED) is 0.730. The topological polar surface area (TPSA) is 65.2 Å². The molecule has 5 nitrogen and oxygen atoms in total. The summed E-state index contributed by atoms with van der Waals surface area (Å²) in [5, 5.41) is 8.05. The molecule has 0 saturated heterocycles. The van der Waals surface area contributed by atoms with Crippen LogP contribution in [0.25, 0.3) is 11.4 Å². The van der Waals surface area contributed by atoms with E-state index in [2.05, 4.69) is 10.1 Å². The van der Waals surface area contributed by atoms with Gasteiger partial charge < -0.3 is 9.26 Å². The van der Waals surface area contributed by atoms with E-state index < -0.39 is 0 Å². The number of esters is 1. The van der Waals surface area contributed by atoms with Crippen LogP contribution >= 0.6 is 23.1 Å². The molecule has 108 valence electrons. The van der Waals surface area contributed by atoms with Crippen LogP contribution in [-0.4, -0.2) is 28.0 Å². The van der Waals surface area contributed by atoms with Gasteiger partial charge in [0.1, 0.15) is 0 Å². The molecule has 1 unspecified atom stereocenters. The SMILES string of the molecule is CCOC(=O)CC(C)SCc1nc(-c2ccsc2)no1. The normalized spacial score (nSPS) is 12.3. The third-order valence-corrected chi connectivity index (χ3v) is 4.33. The van der Waals surface area contributed by atoms with E-state index in [0.717, 1.165) is 5.56 Å². The summed E-state index contributed by atoms with van der Waals surface area (Å²) in [6.45, 7) is 4.21. The van der Waals surface area contributed by atoms with Crippen molar-refractivity contribution in [2.24, 2.45) is 0 Å². The third-order valence-electron chi connectivity index (χ3n) is 2.50. The number of hydrogen-bond donors (Lipinski definition) is 0. The molecule has 2 heterocycles. The molecule has 2 rings (SSSR count). The number of ether oxygens (including phenoxy) is 1. The smallest absolute Gasteiger partial charge is 0.306 e. The van der Waals surface area contributed by atoms with Crippen molar-refractivity contribution in [1.29, 1.82) is 0 Å². The molecule has 0 N–H and O–H groups in total. The van der Waals surface area contributed by atoms with Gasteiger partial charge in [-0.05, 0) is 18.4 Å². The summed E-state index contributed by atoms with van der Waals surface area (Å²) in [6, 6.07) is 1.95. The Labute approximate surface area is 125 Å². The number of carbonyl (C=O) groups excluding carboxylic acids is 1. The zero-order valence-electron chi connectivity index (χ0n) is 11.4. The summed E-state index contributed by atoms with van der Waals surface area (Å²) in [5.41, 5.74) is 0.967. The molecule has 20 heavy (non-hydrogen) atoms. The Morgan fingerprint density at radius 3 is 3.15 bits per heavy atom. The minimum Gasteiger partial charge on any atom is -0.466 e. The molecular weight excluding hydrogens is 296 g/mol. The number of thioether (sulfide) groups is 1. The van der Waals surface area contributed by atoms with Crippen LogP contribution in [0.5, 0.6) is 0 Å². The molecule has 0 aromatic carbocycles. The highest BCUT2D eigenvalue weighted by molar-refractivity contribution is 7.99. The second-order valence-electron chi connectivity index (χ2n) is 4.15. The first kappa shape index (κ1) is 15.1. The van der Waals surface area contributed by atoms with Crippen molar-refractivity contribution in [2.45, 2.75) is 31.3 Å². The summed E-state index contributed by atoms with van der Waals surface area (Å²) < 4.78 is 10.1.